The third-order valence-electron chi connectivity index (χ3n) is 1.38. The second-order valence-corrected chi connectivity index (χ2v) is 3.92. The fourth-order valence-electron chi connectivity index (χ4n) is 0.603. The van der Waals surface area contributed by atoms with E-state index in [1.165, 1.54) is 13.0 Å². The van der Waals surface area contributed by atoms with Crippen LogP contribution in [-0.4, -0.2) is 16.8 Å². The summed E-state index contributed by atoms with van der Waals surface area (Å²) in [5.41, 5.74) is -0.358. The van der Waals surface area contributed by atoms with Gasteiger partial charge in [0.05, 0.1) is 6.08 Å². The molecule has 0 heterocycles. The molecule has 0 radical (unpaired) electrons. The Hall–Kier alpha value is -1.32. The smallest absolute Gasteiger partial charge is 0.304 e. The number of carbonyl (C=O) groups is 1. The molecule has 0 unspecified atom stereocenters. The summed E-state index contributed by atoms with van der Waals surface area (Å²) in [6.07, 6.45) is 1.35. The van der Waals surface area contributed by atoms with Gasteiger partial charge in [0.2, 0.25) is 0 Å². The predicted molar refractivity (Wildman–Crippen MR) is 50.9 cm³/mol. The summed E-state index contributed by atoms with van der Waals surface area (Å²) in [5, 5.41) is 17.3. The normalized spacial score (nSPS) is 12.5. The molecule has 0 aromatic heterocycles. The highest BCUT2D eigenvalue weighted by Gasteiger charge is 2.17. The van der Waals surface area contributed by atoms with Gasteiger partial charge in [-0.05, 0) is 0 Å². The first-order chi connectivity index (χ1) is 5.73. The number of hydrogen-bond donors (Lipinski definition) is 3. The monoisotopic (exact) mass is 185 g/mol. The van der Waals surface area contributed by atoms with Gasteiger partial charge in [-0.1, -0.05) is 20.8 Å². The van der Waals surface area contributed by atoms with E-state index in [1.807, 2.05) is 20.8 Å². The van der Waals surface area contributed by atoms with Crippen molar-refractivity contribution in [2.75, 3.05) is 0 Å². The molecule has 0 aliphatic heterocycles. The molecule has 0 atom stereocenters. The van der Waals surface area contributed by atoms with Gasteiger partial charge in [-0.2, -0.15) is 0 Å². The third kappa shape index (κ3) is 5.00. The number of allylic oxidation sites excluding steroid dienone is 1. The van der Waals surface area contributed by atoms with Gasteiger partial charge in [0.15, 0.2) is 0 Å². The van der Waals surface area contributed by atoms with Crippen LogP contribution in [0, 0.1) is 5.41 Å². The molecular formula is C9H17N2O2+. The minimum Gasteiger partial charge on any atom is -0.511 e. The van der Waals surface area contributed by atoms with Crippen LogP contribution in [0.25, 0.3) is 0 Å². The molecule has 0 bridgehead atoms. The molecular weight excluding hydrogens is 168 g/mol. The Morgan fingerprint density at radius 1 is 1.46 bits per heavy atom. The summed E-state index contributed by atoms with van der Waals surface area (Å²) in [7, 11) is 0. The highest BCUT2D eigenvalue weighted by atomic mass is 16.3. The van der Waals surface area contributed by atoms with E-state index in [4.69, 9.17) is 5.41 Å². The molecule has 4 nitrogen and oxygen atoms in total. The largest absolute Gasteiger partial charge is 0.511 e. The summed E-state index contributed by atoms with van der Waals surface area (Å²) in [6, 6.07) is 0. The lowest BCUT2D eigenvalue weighted by molar-refractivity contribution is -0.126. The number of rotatable bonds is 1. The van der Waals surface area contributed by atoms with E-state index >= 15 is 0 Å². The lowest BCUT2D eigenvalue weighted by Gasteiger charge is -2.16. The molecule has 1 amide bonds. The zero-order valence-electron chi connectivity index (χ0n) is 8.51. The van der Waals surface area contributed by atoms with Gasteiger partial charge in [-0.15, -0.1) is 0 Å². The molecule has 74 valence electrons. The van der Waals surface area contributed by atoms with E-state index in [1.54, 1.807) is 0 Å². The second kappa shape index (κ2) is 4.07. The fraction of sp³-hybridized carbons (Fsp3) is 0.556. The number of aliphatic hydroxyl groups is 1. The van der Waals surface area contributed by atoms with Gasteiger partial charge in [0, 0.05) is 12.3 Å². The number of hydrogen-bond acceptors (Lipinski definition) is 2. The number of amidine groups is 1. The molecule has 0 rings (SSSR count). The van der Waals surface area contributed by atoms with Crippen molar-refractivity contribution < 1.29 is 15.3 Å². The standard InChI is InChI=1S/C9H16N2O2/c1-6(12)11-8(10)5-7(13)9(2,3)4/h5,13H,1-4H3,(H2,10,11,12)/p+1/b7-5-. The van der Waals surface area contributed by atoms with Crippen LogP contribution >= 0.6 is 0 Å². The molecule has 0 aromatic rings. The summed E-state index contributed by atoms with van der Waals surface area (Å²) < 4.78 is 0. The summed E-state index contributed by atoms with van der Waals surface area (Å²) in [5.74, 6) is 0.0362. The van der Waals surface area contributed by atoms with Crippen LogP contribution < -0.4 is 10.7 Å². The Labute approximate surface area is 78.2 Å². The van der Waals surface area contributed by atoms with Crippen molar-refractivity contribution in [2.45, 2.75) is 27.7 Å². The second-order valence-electron chi connectivity index (χ2n) is 3.92. The average Bonchev–Trinajstić information content (AvgIpc) is 1.82. The van der Waals surface area contributed by atoms with Gasteiger partial charge in [0.1, 0.15) is 5.76 Å². The molecule has 0 saturated carbocycles. The van der Waals surface area contributed by atoms with Crippen molar-refractivity contribution in [2.24, 2.45) is 5.41 Å². The van der Waals surface area contributed by atoms with Crippen molar-refractivity contribution in [3.05, 3.63) is 11.8 Å². The number of amides is 1. The van der Waals surface area contributed by atoms with E-state index in [0.29, 0.717) is 0 Å². The number of aliphatic hydroxyl groups excluding tert-OH is 1. The molecule has 0 aromatic carbocycles. The predicted octanol–water partition coefficient (Wildman–Crippen LogP) is -0.232. The molecule has 0 aliphatic carbocycles. The van der Waals surface area contributed by atoms with Crippen LogP contribution in [0.2, 0.25) is 0 Å². The van der Waals surface area contributed by atoms with Gasteiger partial charge in [-0.25, -0.2) is 10.1 Å². The van der Waals surface area contributed by atoms with E-state index in [9.17, 15) is 9.90 Å². The van der Waals surface area contributed by atoms with E-state index in [0.717, 1.165) is 0 Å². The number of nitrogens with one attached hydrogen (secondary N) is 1. The Kier molecular flexibility index (Phi) is 3.66. The van der Waals surface area contributed by atoms with Crippen LogP contribution in [0.1, 0.15) is 27.7 Å². The minimum atomic E-state index is -0.358. The van der Waals surface area contributed by atoms with E-state index in [-0.39, 0.29) is 22.9 Å². The summed E-state index contributed by atoms with van der Waals surface area (Å²) >= 11 is 0. The molecule has 0 spiro atoms. The molecule has 13 heavy (non-hydrogen) atoms. The van der Waals surface area contributed by atoms with Crippen LogP contribution in [-0.2, 0) is 4.79 Å². The average molecular weight is 185 g/mol. The van der Waals surface area contributed by atoms with Crippen LogP contribution in [0.3, 0.4) is 0 Å². The molecule has 0 aliphatic rings. The van der Waals surface area contributed by atoms with Crippen LogP contribution in [0.15, 0.2) is 11.8 Å². The zero-order valence-corrected chi connectivity index (χ0v) is 8.51. The van der Waals surface area contributed by atoms with Crippen molar-refractivity contribution in [3.8, 4) is 0 Å². The lowest BCUT2D eigenvalue weighted by atomic mass is 9.93. The highest BCUT2D eigenvalue weighted by molar-refractivity contribution is 6.00. The fourth-order valence-corrected chi connectivity index (χ4v) is 0.603. The summed E-state index contributed by atoms with van der Waals surface area (Å²) in [6.45, 7) is 6.90. The zero-order chi connectivity index (χ0) is 10.6. The quantitative estimate of drug-likeness (QED) is 0.300. The van der Waals surface area contributed by atoms with Crippen molar-refractivity contribution in [3.63, 3.8) is 0 Å². The SMILES string of the molecule is CC(=O)NC(=[NH2+])/C=C(\O)C(C)(C)C. The first-order valence-corrected chi connectivity index (χ1v) is 4.04. The number of carbonyl (C=O) groups excluding carboxylic acids is 1. The van der Waals surface area contributed by atoms with Gasteiger partial charge in [0.25, 0.3) is 5.84 Å². The van der Waals surface area contributed by atoms with Crippen molar-refractivity contribution in [1.82, 2.24) is 5.32 Å². The third-order valence-corrected chi connectivity index (χ3v) is 1.38. The molecule has 4 heteroatoms. The maximum atomic E-state index is 10.6. The van der Waals surface area contributed by atoms with Crippen molar-refractivity contribution in [1.29, 1.82) is 0 Å². The molecule has 0 fully saturated rings. The maximum Gasteiger partial charge on any atom is 0.304 e. The first-order valence-electron chi connectivity index (χ1n) is 4.04. The van der Waals surface area contributed by atoms with Crippen LogP contribution in [0.4, 0.5) is 0 Å². The van der Waals surface area contributed by atoms with Gasteiger partial charge < -0.3 is 5.11 Å². The Bertz CT molecular complexity index is 249. The topological polar surface area (TPSA) is 74.9 Å². The van der Waals surface area contributed by atoms with E-state index < -0.39 is 0 Å². The van der Waals surface area contributed by atoms with E-state index in [2.05, 4.69) is 5.32 Å². The highest BCUT2D eigenvalue weighted by Crippen LogP contribution is 2.21. The van der Waals surface area contributed by atoms with Gasteiger partial charge >= 0.3 is 5.91 Å². The lowest BCUT2D eigenvalue weighted by Crippen LogP contribution is -2.49. The number of nitrogens with two attached hydrogens (primary N) is 1. The molecule has 0 saturated heterocycles. The minimum absolute atomic E-state index is 0.138. The first kappa shape index (κ1) is 11.7. The van der Waals surface area contributed by atoms with Crippen molar-refractivity contribution >= 4 is 11.7 Å². The summed E-state index contributed by atoms with van der Waals surface area (Å²) in [4.78, 5) is 10.6. The Morgan fingerprint density at radius 3 is 2.23 bits per heavy atom. The Morgan fingerprint density at radius 2 is 1.92 bits per heavy atom. The molecule has 4 N–H and O–H groups in total. The van der Waals surface area contributed by atoms with Gasteiger partial charge in [-0.3, -0.25) is 5.41 Å². The Balaban J connectivity index is 4.40. The maximum absolute atomic E-state index is 10.6. The van der Waals surface area contributed by atoms with Crippen LogP contribution in [0.5, 0.6) is 0 Å².